The van der Waals surface area contributed by atoms with Gasteiger partial charge in [-0.15, -0.1) is 0 Å². The molecule has 146 valence electrons. The summed E-state index contributed by atoms with van der Waals surface area (Å²) >= 11 is 0. The first-order valence-electron chi connectivity index (χ1n) is 9.16. The molecule has 0 spiro atoms. The Balaban J connectivity index is 1.64. The van der Waals surface area contributed by atoms with Crippen LogP contribution in [0.5, 0.6) is 0 Å². The van der Waals surface area contributed by atoms with Gasteiger partial charge in [-0.05, 0) is 55.0 Å². The Bertz CT molecular complexity index is 1130. The molecule has 1 aromatic carbocycles. The predicted octanol–water partition coefficient (Wildman–Crippen LogP) is 3.40. The van der Waals surface area contributed by atoms with Gasteiger partial charge in [0, 0.05) is 17.5 Å². The molecule has 0 saturated heterocycles. The Kier molecular flexibility index (Phi) is 4.68. The monoisotopic (exact) mass is 399 g/mol. The summed E-state index contributed by atoms with van der Waals surface area (Å²) in [6.45, 7) is 1.48. The molecule has 0 radical (unpaired) electrons. The van der Waals surface area contributed by atoms with Gasteiger partial charge < -0.3 is 10.3 Å². The molecule has 2 aromatic heterocycles. The topological polar surface area (TPSA) is 112 Å². The average Bonchev–Trinajstić information content (AvgIpc) is 3.39. The van der Waals surface area contributed by atoms with Crippen LogP contribution in [-0.4, -0.2) is 34.1 Å². The van der Waals surface area contributed by atoms with Crippen LogP contribution in [0, 0.1) is 5.92 Å². The number of carbonyl (C=O) groups is 1. The van der Waals surface area contributed by atoms with E-state index in [-0.39, 0.29) is 18.2 Å². The SMILES string of the molecule is CC(Cc1ccc(-c2cc(NC(=O)C3CC3)nc3[nH]ccc23)cc1)S(=O)(=O)O. The summed E-state index contributed by atoms with van der Waals surface area (Å²) in [5.74, 6) is 0.596. The van der Waals surface area contributed by atoms with Crippen LogP contribution in [0.3, 0.4) is 0 Å². The van der Waals surface area contributed by atoms with Gasteiger partial charge in [0.15, 0.2) is 0 Å². The molecular weight excluding hydrogens is 378 g/mol. The maximum Gasteiger partial charge on any atom is 0.267 e. The lowest BCUT2D eigenvalue weighted by Gasteiger charge is -2.11. The first-order valence-corrected chi connectivity index (χ1v) is 10.7. The molecule has 0 aliphatic heterocycles. The maximum absolute atomic E-state index is 12.1. The number of nitrogens with zero attached hydrogens (tertiary/aromatic N) is 1. The van der Waals surface area contributed by atoms with E-state index in [1.54, 1.807) is 6.20 Å². The minimum absolute atomic E-state index is 0.00101. The van der Waals surface area contributed by atoms with Crippen molar-refractivity contribution < 1.29 is 17.8 Å². The summed E-state index contributed by atoms with van der Waals surface area (Å²) < 4.78 is 31.6. The number of rotatable bonds is 6. The molecule has 1 aliphatic carbocycles. The van der Waals surface area contributed by atoms with E-state index in [1.165, 1.54) is 6.92 Å². The van der Waals surface area contributed by atoms with Crippen LogP contribution < -0.4 is 5.32 Å². The second kappa shape index (κ2) is 7.03. The zero-order valence-electron chi connectivity index (χ0n) is 15.3. The molecule has 7 nitrogen and oxygen atoms in total. The zero-order valence-corrected chi connectivity index (χ0v) is 16.2. The predicted molar refractivity (Wildman–Crippen MR) is 108 cm³/mol. The number of H-pyrrole nitrogens is 1. The largest absolute Gasteiger partial charge is 0.346 e. The molecule has 1 amide bonds. The molecule has 8 heteroatoms. The molecule has 1 atom stereocenters. The fourth-order valence-corrected chi connectivity index (χ4v) is 3.58. The number of benzene rings is 1. The number of aromatic nitrogens is 2. The van der Waals surface area contributed by atoms with Gasteiger partial charge in [0.25, 0.3) is 10.1 Å². The van der Waals surface area contributed by atoms with Crippen molar-refractivity contribution in [2.24, 2.45) is 5.92 Å². The van der Waals surface area contributed by atoms with E-state index in [2.05, 4.69) is 15.3 Å². The second-order valence-corrected chi connectivity index (χ2v) is 9.12. The highest BCUT2D eigenvalue weighted by atomic mass is 32.2. The quantitative estimate of drug-likeness (QED) is 0.550. The molecule has 1 saturated carbocycles. The van der Waals surface area contributed by atoms with E-state index in [1.807, 2.05) is 36.4 Å². The Morgan fingerprint density at radius 2 is 2.00 bits per heavy atom. The third-order valence-corrected chi connectivity index (χ3v) is 6.21. The van der Waals surface area contributed by atoms with Gasteiger partial charge in [0.2, 0.25) is 5.91 Å². The number of carbonyl (C=O) groups excluding carboxylic acids is 1. The highest BCUT2D eigenvalue weighted by Gasteiger charge is 2.30. The highest BCUT2D eigenvalue weighted by molar-refractivity contribution is 7.86. The molecule has 0 bridgehead atoms. The number of pyridine rings is 1. The third kappa shape index (κ3) is 3.93. The van der Waals surface area contributed by atoms with E-state index >= 15 is 0 Å². The van der Waals surface area contributed by atoms with Gasteiger partial charge in [-0.3, -0.25) is 9.35 Å². The van der Waals surface area contributed by atoms with Gasteiger partial charge in [-0.2, -0.15) is 8.42 Å². The van der Waals surface area contributed by atoms with Gasteiger partial charge in [0.1, 0.15) is 11.5 Å². The second-order valence-electron chi connectivity index (χ2n) is 7.29. The van der Waals surface area contributed by atoms with E-state index in [4.69, 9.17) is 4.55 Å². The minimum Gasteiger partial charge on any atom is -0.346 e. The highest BCUT2D eigenvalue weighted by Crippen LogP contribution is 2.33. The summed E-state index contributed by atoms with van der Waals surface area (Å²) in [5.41, 5.74) is 3.35. The average molecular weight is 399 g/mol. The lowest BCUT2D eigenvalue weighted by atomic mass is 10.0. The van der Waals surface area contributed by atoms with E-state index in [0.29, 0.717) is 11.5 Å². The van der Waals surface area contributed by atoms with Crippen molar-refractivity contribution in [2.45, 2.75) is 31.4 Å². The number of anilines is 1. The summed E-state index contributed by atoms with van der Waals surface area (Å²) in [6, 6.07) is 11.3. The van der Waals surface area contributed by atoms with E-state index in [9.17, 15) is 13.2 Å². The van der Waals surface area contributed by atoms with Crippen molar-refractivity contribution in [1.82, 2.24) is 9.97 Å². The molecule has 3 aromatic rings. The molecule has 2 heterocycles. The molecule has 4 rings (SSSR count). The molecule has 1 fully saturated rings. The van der Waals surface area contributed by atoms with Crippen LogP contribution in [0.15, 0.2) is 42.6 Å². The molecular formula is C20H21N3O4S. The van der Waals surface area contributed by atoms with Gasteiger partial charge in [-0.25, -0.2) is 4.98 Å². The summed E-state index contributed by atoms with van der Waals surface area (Å²) in [6.07, 6.45) is 3.88. The molecule has 28 heavy (non-hydrogen) atoms. The lowest BCUT2D eigenvalue weighted by molar-refractivity contribution is -0.117. The smallest absolute Gasteiger partial charge is 0.267 e. The normalized spacial score (nSPS) is 15.5. The Morgan fingerprint density at radius 1 is 1.29 bits per heavy atom. The fourth-order valence-electron chi connectivity index (χ4n) is 3.17. The summed E-state index contributed by atoms with van der Waals surface area (Å²) in [4.78, 5) is 19.7. The zero-order chi connectivity index (χ0) is 19.9. The standard InChI is InChI=1S/C20H21N3O4S/c1-12(28(25,26)27)10-13-2-4-14(5-3-13)17-11-18(23-20(24)15-6-7-15)22-19-16(17)8-9-21-19/h2-5,8-9,11-12,15H,6-7,10H2,1H3,(H,25,26,27)(H2,21,22,23,24). The van der Waals surface area contributed by atoms with E-state index in [0.717, 1.165) is 34.9 Å². The number of amides is 1. The lowest BCUT2D eigenvalue weighted by Crippen LogP contribution is -2.19. The van der Waals surface area contributed by atoms with Gasteiger partial charge in [0.05, 0.1) is 5.25 Å². The van der Waals surface area contributed by atoms with Crippen LogP contribution in [0.4, 0.5) is 5.82 Å². The number of hydrogen-bond acceptors (Lipinski definition) is 4. The molecule has 1 unspecified atom stereocenters. The maximum atomic E-state index is 12.1. The van der Waals surface area contributed by atoms with Crippen LogP contribution in [0.1, 0.15) is 25.3 Å². The molecule has 1 aliphatic rings. The van der Waals surface area contributed by atoms with E-state index < -0.39 is 15.4 Å². The Morgan fingerprint density at radius 3 is 2.64 bits per heavy atom. The van der Waals surface area contributed by atoms with Crippen LogP contribution in [0.2, 0.25) is 0 Å². The van der Waals surface area contributed by atoms with Crippen molar-refractivity contribution in [3.05, 3.63) is 48.2 Å². The van der Waals surface area contributed by atoms with Crippen molar-refractivity contribution in [3.63, 3.8) is 0 Å². The van der Waals surface area contributed by atoms with Crippen molar-refractivity contribution >= 4 is 32.9 Å². The number of hydrogen-bond donors (Lipinski definition) is 3. The first kappa shape index (κ1) is 18.6. The molecule has 3 N–H and O–H groups in total. The summed E-state index contributed by atoms with van der Waals surface area (Å²) in [5, 5.41) is 2.96. The van der Waals surface area contributed by atoms with Crippen molar-refractivity contribution in [3.8, 4) is 11.1 Å². The van der Waals surface area contributed by atoms with Crippen molar-refractivity contribution in [1.29, 1.82) is 0 Å². The van der Waals surface area contributed by atoms with Crippen LogP contribution in [0.25, 0.3) is 22.2 Å². The van der Waals surface area contributed by atoms with Crippen LogP contribution in [-0.2, 0) is 21.3 Å². The minimum atomic E-state index is -4.06. The number of aromatic amines is 1. The number of fused-ring (bicyclic) bond motifs is 1. The summed E-state index contributed by atoms with van der Waals surface area (Å²) in [7, 11) is -4.06. The fraction of sp³-hybridized carbons (Fsp3) is 0.300. The third-order valence-electron chi connectivity index (χ3n) is 5.02. The number of nitrogens with one attached hydrogen (secondary N) is 2. The first-order chi connectivity index (χ1) is 13.3. The Labute approximate surface area is 162 Å². The van der Waals surface area contributed by atoms with Crippen molar-refractivity contribution in [2.75, 3.05) is 5.32 Å². The van der Waals surface area contributed by atoms with Gasteiger partial charge >= 0.3 is 0 Å². The van der Waals surface area contributed by atoms with Crippen LogP contribution >= 0.6 is 0 Å². The Hall–Kier alpha value is -2.71. The van der Waals surface area contributed by atoms with Gasteiger partial charge in [-0.1, -0.05) is 24.3 Å².